The second-order valence-corrected chi connectivity index (χ2v) is 10.8. The van der Waals surface area contributed by atoms with Crippen LogP contribution in [-0.4, -0.2) is 24.3 Å². The monoisotopic (exact) mass is 454 g/mol. The van der Waals surface area contributed by atoms with Crippen molar-refractivity contribution < 1.29 is 14.6 Å². The van der Waals surface area contributed by atoms with Crippen LogP contribution < -0.4 is 0 Å². The molecule has 0 amide bonds. The van der Waals surface area contributed by atoms with Gasteiger partial charge in [0.1, 0.15) is 0 Å². The molecule has 33 heavy (non-hydrogen) atoms. The molecule has 3 nitrogen and oxygen atoms in total. The van der Waals surface area contributed by atoms with Gasteiger partial charge < -0.3 is 9.84 Å². The third-order valence-corrected chi connectivity index (χ3v) is 8.39. The van der Waals surface area contributed by atoms with Gasteiger partial charge in [0, 0.05) is 18.1 Å². The highest BCUT2D eigenvalue weighted by molar-refractivity contribution is 5.86. The van der Waals surface area contributed by atoms with E-state index in [2.05, 4.69) is 37.8 Å². The lowest BCUT2D eigenvalue weighted by atomic mass is 9.73. The van der Waals surface area contributed by atoms with Crippen LogP contribution in [0.25, 0.3) is 0 Å². The number of carbonyl (C=O) groups excluding carboxylic acids is 1. The zero-order valence-corrected chi connectivity index (χ0v) is 21.1. The van der Waals surface area contributed by atoms with E-state index >= 15 is 0 Å². The zero-order chi connectivity index (χ0) is 23.6. The van der Waals surface area contributed by atoms with Crippen molar-refractivity contribution in [3.05, 3.63) is 47.5 Å². The molecule has 3 heteroatoms. The molecule has 0 bridgehead atoms. The van der Waals surface area contributed by atoms with Gasteiger partial charge in [0.05, 0.1) is 6.61 Å². The minimum absolute atomic E-state index is 0.0359. The van der Waals surface area contributed by atoms with Crippen molar-refractivity contribution in [2.24, 2.45) is 17.8 Å². The summed E-state index contributed by atoms with van der Waals surface area (Å²) < 4.78 is 5.32. The molecular formula is C30H46O3. The fraction of sp³-hybridized carbons (Fsp3) is 0.700. The Morgan fingerprint density at radius 1 is 0.970 bits per heavy atom. The van der Waals surface area contributed by atoms with Gasteiger partial charge in [-0.15, -0.1) is 0 Å². The van der Waals surface area contributed by atoms with Crippen LogP contribution in [0.15, 0.2) is 36.4 Å². The zero-order valence-electron chi connectivity index (χ0n) is 21.1. The van der Waals surface area contributed by atoms with Gasteiger partial charge in [0.2, 0.25) is 0 Å². The van der Waals surface area contributed by atoms with Crippen LogP contribution in [0.2, 0.25) is 0 Å². The Labute approximate surface area is 202 Å². The summed E-state index contributed by atoms with van der Waals surface area (Å²) in [5.74, 6) is 2.44. The number of carbonyl (C=O) groups is 1. The minimum Gasteiger partial charge on any atom is -0.462 e. The van der Waals surface area contributed by atoms with Gasteiger partial charge in [0.15, 0.2) is 0 Å². The third-order valence-electron chi connectivity index (χ3n) is 8.39. The summed E-state index contributed by atoms with van der Waals surface area (Å²) in [4.78, 5) is 11.7. The van der Waals surface area contributed by atoms with E-state index in [1.165, 1.54) is 56.9 Å². The van der Waals surface area contributed by atoms with Crippen molar-refractivity contribution >= 4 is 5.97 Å². The number of esters is 1. The SMILES string of the molecule is C=C(C)C(=O)OCC(CO)C1CCC(c2ccc(C3CCC(CCCCC)CC3)cc2)CC1. The van der Waals surface area contributed by atoms with Crippen LogP contribution in [-0.2, 0) is 9.53 Å². The molecular weight excluding hydrogens is 408 g/mol. The molecule has 2 fully saturated rings. The van der Waals surface area contributed by atoms with Crippen molar-refractivity contribution in [2.75, 3.05) is 13.2 Å². The van der Waals surface area contributed by atoms with Gasteiger partial charge in [0.25, 0.3) is 0 Å². The molecule has 1 aromatic rings. The standard InChI is InChI=1S/C30H46O3/c1-4-5-6-7-23-8-10-24(11-9-23)25-12-14-26(15-13-25)27-16-18-28(19-17-27)29(20-31)21-33-30(32)22(2)3/h12-15,23-24,27-29,31H,2,4-11,16-21H2,1,3H3. The Kier molecular flexibility index (Phi) is 10.5. The van der Waals surface area contributed by atoms with Gasteiger partial charge in [-0.3, -0.25) is 0 Å². The highest BCUT2D eigenvalue weighted by atomic mass is 16.5. The predicted octanol–water partition coefficient (Wildman–Crippen LogP) is 7.54. The Balaban J connectivity index is 1.44. The number of hydrogen-bond acceptors (Lipinski definition) is 3. The molecule has 3 rings (SSSR count). The minimum atomic E-state index is -0.354. The van der Waals surface area contributed by atoms with E-state index in [1.807, 2.05) is 0 Å². The third kappa shape index (κ3) is 7.70. The molecule has 2 aliphatic carbocycles. The van der Waals surface area contributed by atoms with Crippen molar-refractivity contribution in [2.45, 2.75) is 103 Å². The van der Waals surface area contributed by atoms with Gasteiger partial charge in [-0.1, -0.05) is 63.5 Å². The van der Waals surface area contributed by atoms with E-state index in [4.69, 9.17) is 4.74 Å². The highest BCUT2D eigenvalue weighted by Crippen LogP contribution is 2.41. The number of unbranched alkanes of at least 4 members (excludes halogenated alkanes) is 2. The molecule has 0 radical (unpaired) electrons. The molecule has 0 aromatic heterocycles. The van der Waals surface area contributed by atoms with Gasteiger partial charge >= 0.3 is 5.97 Å². The molecule has 1 atom stereocenters. The van der Waals surface area contributed by atoms with Gasteiger partial charge in [-0.25, -0.2) is 4.79 Å². The largest absolute Gasteiger partial charge is 0.462 e. The fourth-order valence-corrected chi connectivity index (χ4v) is 6.08. The van der Waals surface area contributed by atoms with Gasteiger partial charge in [-0.05, 0) is 93.1 Å². The molecule has 0 heterocycles. The van der Waals surface area contributed by atoms with Crippen molar-refractivity contribution in [3.8, 4) is 0 Å². The summed E-state index contributed by atoms with van der Waals surface area (Å²) in [5, 5.41) is 9.82. The lowest BCUT2D eigenvalue weighted by Crippen LogP contribution is -2.28. The first-order valence-electron chi connectivity index (χ1n) is 13.5. The van der Waals surface area contributed by atoms with Crippen LogP contribution in [0.1, 0.15) is 114 Å². The Bertz CT molecular complexity index is 721. The quantitative estimate of drug-likeness (QED) is 0.213. The Hall–Kier alpha value is -1.61. The second kappa shape index (κ2) is 13.3. The van der Waals surface area contributed by atoms with Crippen molar-refractivity contribution in [3.63, 3.8) is 0 Å². The molecule has 0 aliphatic heterocycles. The average Bonchev–Trinajstić information content (AvgIpc) is 2.85. The maximum atomic E-state index is 11.7. The van der Waals surface area contributed by atoms with Crippen molar-refractivity contribution in [1.82, 2.24) is 0 Å². The number of ether oxygens (including phenoxy) is 1. The highest BCUT2D eigenvalue weighted by Gasteiger charge is 2.29. The molecule has 184 valence electrons. The normalized spacial score (nSPS) is 26.5. The van der Waals surface area contributed by atoms with E-state index in [0.29, 0.717) is 24.0 Å². The van der Waals surface area contributed by atoms with E-state index in [-0.39, 0.29) is 18.5 Å². The molecule has 2 aliphatic rings. The van der Waals surface area contributed by atoms with E-state index in [9.17, 15) is 9.90 Å². The molecule has 0 spiro atoms. The molecule has 0 saturated heterocycles. The van der Waals surface area contributed by atoms with E-state index in [1.54, 1.807) is 12.5 Å². The van der Waals surface area contributed by atoms with Crippen LogP contribution in [0, 0.1) is 17.8 Å². The van der Waals surface area contributed by atoms with Crippen LogP contribution in [0.3, 0.4) is 0 Å². The van der Waals surface area contributed by atoms with Crippen LogP contribution in [0.4, 0.5) is 0 Å². The summed E-state index contributed by atoms with van der Waals surface area (Å²) in [6.45, 7) is 7.96. The predicted molar refractivity (Wildman–Crippen MR) is 136 cm³/mol. The molecule has 1 aromatic carbocycles. The summed E-state index contributed by atoms with van der Waals surface area (Å²) in [7, 11) is 0. The molecule has 1 unspecified atom stereocenters. The average molecular weight is 455 g/mol. The lowest BCUT2D eigenvalue weighted by molar-refractivity contribution is -0.141. The first-order chi connectivity index (χ1) is 16.0. The summed E-state index contributed by atoms with van der Waals surface area (Å²) >= 11 is 0. The summed E-state index contributed by atoms with van der Waals surface area (Å²) in [6.07, 6.45) is 15.6. The maximum absolute atomic E-state index is 11.7. The molecule has 1 N–H and O–H groups in total. The van der Waals surface area contributed by atoms with E-state index in [0.717, 1.165) is 37.5 Å². The van der Waals surface area contributed by atoms with Crippen molar-refractivity contribution in [1.29, 1.82) is 0 Å². The van der Waals surface area contributed by atoms with E-state index < -0.39 is 0 Å². The molecule has 2 saturated carbocycles. The smallest absolute Gasteiger partial charge is 0.333 e. The number of aliphatic hydroxyl groups excluding tert-OH is 1. The number of rotatable bonds is 11. The topological polar surface area (TPSA) is 46.5 Å². The number of benzene rings is 1. The number of hydrogen-bond donors (Lipinski definition) is 1. The first kappa shape index (κ1) is 26.0. The maximum Gasteiger partial charge on any atom is 0.333 e. The number of aliphatic hydroxyl groups is 1. The first-order valence-corrected chi connectivity index (χ1v) is 13.5. The lowest BCUT2D eigenvalue weighted by Gasteiger charge is -2.33. The Morgan fingerprint density at radius 3 is 2.00 bits per heavy atom. The Morgan fingerprint density at radius 2 is 1.52 bits per heavy atom. The van der Waals surface area contributed by atoms with Crippen LogP contribution >= 0.6 is 0 Å². The fourth-order valence-electron chi connectivity index (χ4n) is 6.08. The van der Waals surface area contributed by atoms with Gasteiger partial charge in [-0.2, -0.15) is 0 Å². The summed E-state index contributed by atoms with van der Waals surface area (Å²) in [5.41, 5.74) is 3.43. The van der Waals surface area contributed by atoms with Crippen LogP contribution in [0.5, 0.6) is 0 Å². The second-order valence-electron chi connectivity index (χ2n) is 10.8. The summed E-state index contributed by atoms with van der Waals surface area (Å²) in [6, 6.07) is 9.56.